The fraction of sp³-hybridized carbons (Fsp3) is 0.333. The summed E-state index contributed by atoms with van der Waals surface area (Å²) in [6.07, 6.45) is 2.65. The van der Waals surface area contributed by atoms with Crippen LogP contribution in [0.25, 0.3) is 0 Å². The molecule has 1 aromatic heterocycles. The molecule has 1 heterocycles. The van der Waals surface area contributed by atoms with Gasteiger partial charge in [0.1, 0.15) is 0 Å². The highest BCUT2D eigenvalue weighted by molar-refractivity contribution is 6.04. The molecule has 0 aliphatic heterocycles. The topological polar surface area (TPSA) is 69.8 Å². The van der Waals surface area contributed by atoms with E-state index in [9.17, 15) is 4.79 Å². The Morgan fingerprint density at radius 2 is 2.25 bits per heavy atom. The number of nitrogens with zero attached hydrogens (tertiary/aromatic N) is 1. The number of H-pyrrole nitrogens is 1. The van der Waals surface area contributed by atoms with E-state index in [1.807, 2.05) is 31.2 Å². The highest BCUT2D eigenvalue weighted by Crippen LogP contribution is 2.13. The molecule has 0 radical (unpaired) electrons. The first-order valence-corrected chi connectivity index (χ1v) is 6.81. The van der Waals surface area contributed by atoms with E-state index in [2.05, 4.69) is 27.8 Å². The summed E-state index contributed by atoms with van der Waals surface area (Å²) in [4.78, 5) is 12.1. The van der Waals surface area contributed by atoms with Crippen molar-refractivity contribution in [3.63, 3.8) is 0 Å². The summed E-state index contributed by atoms with van der Waals surface area (Å²) in [5.74, 6) is -0.144. The Kier molecular flexibility index (Phi) is 4.90. The SMILES string of the molecule is CCCNCc1cccc(NC(=O)c2cn[nH]c2C)c1. The van der Waals surface area contributed by atoms with Gasteiger partial charge in [-0.25, -0.2) is 0 Å². The van der Waals surface area contributed by atoms with Crippen molar-refractivity contribution in [1.29, 1.82) is 0 Å². The van der Waals surface area contributed by atoms with Gasteiger partial charge in [-0.15, -0.1) is 0 Å². The van der Waals surface area contributed by atoms with Crippen molar-refractivity contribution in [2.75, 3.05) is 11.9 Å². The zero-order valence-electron chi connectivity index (χ0n) is 11.9. The van der Waals surface area contributed by atoms with Crippen molar-refractivity contribution in [3.05, 3.63) is 47.3 Å². The molecule has 0 fully saturated rings. The Balaban J connectivity index is 2.01. The van der Waals surface area contributed by atoms with Gasteiger partial charge in [-0.05, 0) is 37.6 Å². The molecule has 0 aliphatic rings. The molecule has 5 heteroatoms. The number of aryl methyl sites for hydroxylation is 1. The lowest BCUT2D eigenvalue weighted by atomic mass is 10.2. The molecule has 2 rings (SSSR count). The number of aromatic nitrogens is 2. The highest BCUT2D eigenvalue weighted by atomic mass is 16.1. The number of carbonyl (C=O) groups is 1. The summed E-state index contributed by atoms with van der Waals surface area (Å²) < 4.78 is 0. The van der Waals surface area contributed by atoms with E-state index < -0.39 is 0 Å². The summed E-state index contributed by atoms with van der Waals surface area (Å²) in [6, 6.07) is 7.86. The van der Waals surface area contributed by atoms with Crippen LogP contribution in [0, 0.1) is 6.92 Å². The quantitative estimate of drug-likeness (QED) is 0.707. The van der Waals surface area contributed by atoms with Gasteiger partial charge in [-0.2, -0.15) is 5.10 Å². The molecule has 0 aliphatic carbocycles. The third-order valence-corrected chi connectivity index (χ3v) is 3.02. The molecule has 1 amide bonds. The number of anilines is 1. The predicted molar refractivity (Wildman–Crippen MR) is 79.7 cm³/mol. The first kappa shape index (κ1) is 14.3. The van der Waals surface area contributed by atoms with Gasteiger partial charge in [-0.3, -0.25) is 9.89 Å². The molecule has 106 valence electrons. The number of rotatable bonds is 6. The largest absolute Gasteiger partial charge is 0.322 e. The minimum atomic E-state index is -0.144. The maximum absolute atomic E-state index is 12.1. The van der Waals surface area contributed by atoms with Crippen molar-refractivity contribution in [1.82, 2.24) is 15.5 Å². The van der Waals surface area contributed by atoms with Gasteiger partial charge in [0.05, 0.1) is 11.8 Å². The standard InChI is InChI=1S/C15H20N4O/c1-3-7-16-9-12-5-4-6-13(8-12)18-15(20)14-10-17-19-11(14)2/h4-6,8,10,16H,3,7,9H2,1-2H3,(H,17,19)(H,18,20). The second-order valence-electron chi connectivity index (χ2n) is 4.74. The Morgan fingerprint density at radius 1 is 1.40 bits per heavy atom. The molecule has 5 nitrogen and oxygen atoms in total. The number of aromatic amines is 1. The van der Waals surface area contributed by atoms with E-state index in [1.165, 1.54) is 6.20 Å². The lowest BCUT2D eigenvalue weighted by Gasteiger charge is -2.08. The molecular weight excluding hydrogens is 252 g/mol. The molecule has 0 saturated carbocycles. The third kappa shape index (κ3) is 3.68. The molecule has 1 aromatic carbocycles. The molecular formula is C15H20N4O. The van der Waals surface area contributed by atoms with Gasteiger partial charge in [0.25, 0.3) is 5.91 Å². The van der Waals surface area contributed by atoms with Crippen molar-refractivity contribution in [2.24, 2.45) is 0 Å². The molecule has 20 heavy (non-hydrogen) atoms. The molecule has 2 aromatic rings. The van der Waals surface area contributed by atoms with E-state index in [1.54, 1.807) is 0 Å². The summed E-state index contributed by atoms with van der Waals surface area (Å²) >= 11 is 0. The van der Waals surface area contributed by atoms with Crippen LogP contribution in [0.2, 0.25) is 0 Å². The van der Waals surface area contributed by atoms with E-state index in [4.69, 9.17) is 0 Å². The Morgan fingerprint density at radius 3 is 2.95 bits per heavy atom. The van der Waals surface area contributed by atoms with Crippen LogP contribution in [0.1, 0.15) is 35.0 Å². The van der Waals surface area contributed by atoms with Crippen molar-refractivity contribution >= 4 is 11.6 Å². The van der Waals surface area contributed by atoms with Crippen LogP contribution in [0.3, 0.4) is 0 Å². The lowest BCUT2D eigenvalue weighted by Crippen LogP contribution is -2.15. The van der Waals surface area contributed by atoms with Crippen LogP contribution < -0.4 is 10.6 Å². The maximum Gasteiger partial charge on any atom is 0.259 e. The molecule has 0 atom stereocenters. The van der Waals surface area contributed by atoms with Gasteiger partial charge >= 0.3 is 0 Å². The Hall–Kier alpha value is -2.14. The third-order valence-electron chi connectivity index (χ3n) is 3.02. The van der Waals surface area contributed by atoms with Gasteiger partial charge in [0.2, 0.25) is 0 Å². The summed E-state index contributed by atoms with van der Waals surface area (Å²) in [6.45, 7) is 5.76. The number of carbonyl (C=O) groups excluding carboxylic acids is 1. The van der Waals surface area contributed by atoms with Crippen LogP contribution in [0.4, 0.5) is 5.69 Å². The van der Waals surface area contributed by atoms with Crippen LogP contribution in [0.15, 0.2) is 30.5 Å². The first-order valence-electron chi connectivity index (χ1n) is 6.81. The normalized spacial score (nSPS) is 10.5. The average Bonchev–Trinajstić information content (AvgIpc) is 2.86. The van der Waals surface area contributed by atoms with E-state index in [-0.39, 0.29) is 5.91 Å². The van der Waals surface area contributed by atoms with Gasteiger partial charge in [0, 0.05) is 17.9 Å². The van der Waals surface area contributed by atoms with Crippen LogP contribution >= 0.6 is 0 Å². The van der Waals surface area contributed by atoms with E-state index >= 15 is 0 Å². The van der Waals surface area contributed by atoms with Crippen molar-refractivity contribution < 1.29 is 4.79 Å². The summed E-state index contributed by atoms with van der Waals surface area (Å²) in [5.41, 5.74) is 3.29. The predicted octanol–water partition coefficient (Wildman–Crippen LogP) is 2.47. The van der Waals surface area contributed by atoms with Crippen LogP contribution in [-0.4, -0.2) is 22.6 Å². The number of amides is 1. The van der Waals surface area contributed by atoms with Gasteiger partial charge in [0.15, 0.2) is 0 Å². The molecule has 0 saturated heterocycles. The van der Waals surface area contributed by atoms with Gasteiger partial charge < -0.3 is 10.6 Å². The minimum absolute atomic E-state index is 0.144. The van der Waals surface area contributed by atoms with Crippen molar-refractivity contribution in [3.8, 4) is 0 Å². The molecule has 0 unspecified atom stereocenters. The van der Waals surface area contributed by atoms with Crippen LogP contribution in [0.5, 0.6) is 0 Å². The van der Waals surface area contributed by atoms with Crippen molar-refractivity contribution in [2.45, 2.75) is 26.8 Å². The average molecular weight is 272 g/mol. The first-order chi connectivity index (χ1) is 9.70. The van der Waals surface area contributed by atoms with Gasteiger partial charge in [-0.1, -0.05) is 19.1 Å². The summed E-state index contributed by atoms with van der Waals surface area (Å²) in [5, 5.41) is 12.8. The number of hydrogen-bond donors (Lipinski definition) is 3. The second kappa shape index (κ2) is 6.86. The van der Waals surface area contributed by atoms with E-state index in [0.29, 0.717) is 5.56 Å². The lowest BCUT2D eigenvalue weighted by molar-refractivity contribution is 0.102. The number of hydrogen-bond acceptors (Lipinski definition) is 3. The maximum atomic E-state index is 12.1. The summed E-state index contributed by atoms with van der Waals surface area (Å²) in [7, 11) is 0. The molecule has 0 spiro atoms. The molecule has 0 bridgehead atoms. The zero-order chi connectivity index (χ0) is 14.4. The Bertz CT molecular complexity index is 577. The fourth-order valence-electron chi connectivity index (χ4n) is 1.95. The van der Waals surface area contributed by atoms with Crippen LogP contribution in [-0.2, 0) is 6.54 Å². The fourth-order valence-corrected chi connectivity index (χ4v) is 1.95. The minimum Gasteiger partial charge on any atom is -0.322 e. The number of benzene rings is 1. The second-order valence-corrected chi connectivity index (χ2v) is 4.74. The zero-order valence-corrected chi connectivity index (χ0v) is 11.9. The molecule has 3 N–H and O–H groups in total. The number of nitrogens with one attached hydrogen (secondary N) is 3. The van der Waals surface area contributed by atoms with E-state index in [0.717, 1.165) is 36.5 Å². The monoisotopic (exact) mass is 272 g/mol. The Labute approximate surface area is 118 Å². The highest BCUT2D eigenvalue weighted by Gasteiger charge is 2.10. The smallest absolute Gasteiger partial charge is 0.259 e.